The third-order valence-corrected chi connectivity index (χ3v) is 3.78. The minimum Gasteiger partial charge on any atom is -0.389 e. The normalized spacial score (nSPS) is 11.2. The summed E-state index contributed by atoms with van der Waals surface area (Å²) in [4.78, 5) is 4.63. The van der Waals surface area contributed by atoms with Crippen LogP contribution in [0.2, 0.25) is 0 Å². The lowest BCUT2D eigenvalue weighted by molar-refractivity contribution is 0.750. The number of pyridine rings is 1. The molecule has 0 radical (unpaired) electrons. The summed E-state index contributed by atoms with van der Waals surface area (Å²) in [5, 5.41) is 3.29. The van der Waals surface area contributed by atoms with Gasteiger partial charge in [-0.15, -0.1) is 0 Å². The van der Waals surface area contributed by atoms with Gasteiger partial charge in [-0.25, -0.2) is 4.98 Å². The predicted molar refractivity (Wildman–Crippen MR) is 76.2 cm³/mol. The number of thiocarbonyl (C=S) groups is 1. The first-order valence-electron chi connectivity index (χ1n) is 4.99. The summed E-state index contributed by atoms with van der Waals surface area (Å²) in [6, 6.07) is 3.77. The number of hydrogen-bond acceptors (Lipinski definition) is 4. The lowest BCUT2D eigenvalue weighted by Gasteiger charge is -2.22. The van der Waals surface area contributed by atoms with Crippen LogP contribution in [-0.4, -0.2) is 27.5 Å². The van der Waals surface area contributed by atoms with E-state index in [4.69, 9.17) is 18.0 Å². The van der Waals surface area contributed by atoms with Crippen LogP contribution in [0.1, 0.15) is 19.4 Å². The Kier molecular flexibility index (Phi) is 4.56. The third-order valence-electron chi connectivity index (χ3n) is 2.30. The van der Waals surface area contributed by atoms with Crippen LogP contribution in [0.4, 0.5) is 5.82 Å². The molecule has 16 heavy (non-hydrogen) atoms. The first kappa shape index (κ1) is 13.3. The van der Waals surface area contributed by atoms with Gasteiger partial charge in [-0.3, -0.25) is 0 Å². The van der Waals surface area contributed by atoms with Crippen molar-refractivity contribution in [2.45, 2.75) is 18.6 Å². The van der Waals surface area contributed by atoms with E-state index in [1.165, 1.54) is 0 Å². The number of nitrogens with two attached hydrogens (primary N) is 1. The molecular formula is C11H17N3S2. The number of hydrogen-bond donors (Lipinski definition) is 2. The van der Waals surface area contributed by atoms with Gasteiger partial charge in [-0.05, 0) is 32.2 Å². The van der Waals surface area contributed by atoms with Gasteiger partial charge >= 0.3 is 0 Å². The van der Waals surface area contributed by atoms with Crippen LogP contribution >= 0.6 is 24.0 Å². The quantitative estimate of drug-likeness (QED) is 0.791. The van der Waals surface area contributed by atoms with Crippen molar-refractivity contribution >= 4 is 34.8 Å². The molecule has 3 N–H and O–H groups in total. The van der Waals surface area contributed by atoms with Crippen LogP contribution in [0.25, 0.3) is 0 Å². The van der Waals surface area contributed by atoms with Crippen LogP contribution in [-0.2, 0) is 0 Å². The molecule has 0 atom stereocenters. The van der Waals surface area contributed by atoms with Gasteiger partial charge in [-0.2, -0.15) is 11.8 Å². The number of aromatic nitrogens is 1. The molecule has 0 unspecified atom stereocenters. The Morgan fingerprint density at radius 3 is 2.69 bits per heavy atom. The molecule has 0 spiro atoms. The Morgan fingerprint density at radius 1 is 1.56 bits per heavy atom. The highest BCUT2D eigenvalue weighted by Crippen LogP contribution is 2.21. The number of rotatable bonds is 5. The van der Waals surface area contributed by atoms with Crippen molar-refractivity contribution in [2.75, 3.05) is 18.1 Å². The molecule has 1 aromatic heterocycles. The van der Waals surface area contributed by atoms with Crippen molar-refractivity contribution in [3.8, 4) is 0 Å². The van der Waals surface area contributed by atoms with Crippen molar-refractivity contribution in [3.63, 3.8) is 0 Å². The van der Waals surface area contributed by atoms with Gasteiger partial charge in [0.15, 0.2) is 0 Å². The molecule has 0 aliphatic heterocycles. The largest absolute Gasteiger partial charge is 0.389 e. The van der Waals surface area contributed by atoms with Crippen molar-refractivity contribution < 1.29 is 0 Å². The highest BCUT2D eigenvalue weighted by atomic mass is 32.2. The fourth-order valence-corrected chi connectivity index (χ4v) is 1.36. The zero-order chi connectivity index (χ0) is 12.2. The maximum absolute atomic E-state index is 5.50. The first-order valence-corrected chi connectivity index (χ1v) is 6.63. The highest BCUT2D eigenvalue weighted by molar-refractivity contribution is 7.99. The monoisotopic (exact) mass is 255 g/mol. The topological polar surface area (TPSA) is 50.9 Å². The van der Waals surface area contributed by atoms with E-state index in [-0.39, 0.29) is 4.75 Å². The molecule has 1 rings (SSSR count). The predicted octanol–water partition coefficient (Wildman–Crippen LogP) is 2.27. The maximum atomic E-state index is 5.50. The number of thioether (sulfide) groups is 1. The molecule has 5 heteroatoms. The highest BCUT2D eigenvalue weighted by Gasteiger charge is 2.15. The summed E-state index contributed by atoms with van der Waals surface area (Å²) in [6.45, 7) is 5.25. The lowest BCUT2D eigenvalue weighted by Crippen LogP contribution is -2.26. The summed E-state index contributed by atoms with van der Waals surface area (Å²) in [5.74, 6) is 0.849. The van der Waals surface area contributed by atoms with Crippen LogP contribution in [0.5, 0.6) is 0 Å². The minimum atomic E-state index is 0.198. The average molecular weight is 255 g/mol. The van der Waals surface area contributed by atoms with E-state index in [1.807, 2.05) is 23.9 Å². The van der Waals surface area contributed by atoms with Crippen molar-refractivity contribution in [2.24, 2.45) is 5.73 Å². The second kappa shape index (κ2) is 5.50. The average Bonchev–Trinajstić information content (AvgIpc) is 2.27. The van der Waals surface area contributed by atoms with E-state index >= 15 is 0 Å². The Bertz CT molecular complexity index is 360. The maximum Gasteiger partial charge on any atom is 0.125 e. The van der Waals surface area contributed by atoms with E-state index in [0.717, 1.165) is 17.9 Å². The van der Waals surface area contributed by atoms with Crippen LogP contribution in [0, 0.1) is 0 Å². The standard InChI is InChI=1S/C11H17N3S2/c1-11(2,16-3)7-14-9-5-4-8(6-13-9)10(12)15/h4-6H,7H2,1-3H3,(H2,12,15)(H,13,14). The molecule has 1 heterocycles. The van der Waals surface area contributed by atoms with Crippen LogP contribution < -0.4 is 11.1 Å². The Labute approximate surface area is 106 Å². The second-order valence-corrected chi connectivity index (χ2v) is 6.07. The molecule has 0 bridgehead atoms. The van der Waals surface area contributed by atoms with E-state index < -0.39 is 0 Å². The van der Waals surface area contributed by atoms with Crippen LogP contribution in [0.15, 0.2) is 18.3 Å². The smallest absolute Gasteiger partial charge is 0.125 e. The Hall–Kier alpha value is -0.810. The third kappa shape index (κ3) is 3.98. The van der Waals surface area contributed by atoms with Gasteiger partial charge in [0.25, 0.3) is 0 Å². The molecule has 0 amide bonds. The van der Waals surface area contributed by atoms with Gasteiger partial charge in [-0.1, -0.05) is 12.2 Å². The molecule has 3 nitrogen and oxygen atoms in total. The lowest BCUT2D eigenvalue weighted by atomic mass is 10.2. The molecule has 0 fully saturated rings. The molecule has 0 saturated carbocycles. The van der Waals surface area contributed by atoms with Gasteiger partial charge in [0, 0.05) is 23.1 Å². The molecule has 88 valence electrons. The molecule has 1 aromatic rings. The summed E-state index contributed by atoms with van der Waals surface area (Å²) in [5.41, 5.74) is 6.29. The van der Waals surface area contributed by atoms with Gasteiger partial charge < -0.3 is 11.1 Å². The number of anilines is 1. The summed E-state index contributed by atoms with van der Waals surface area (Å²) < 4.78 is 0.198. The van der Waals surface area contributed by atoms with E-state index in [1.54, 1.807) is 6.20 Å². The Morgan fingerprint density at radius 2 is 2.25 bits per heavy atom. The van der Waals surface area contributed by atoms with Crippen LogP contribution in [0.3, 0.4) is 0 Å². The zero-order valence-electron chi connectivity index (χ0n) is 9.78. The minimum absolute atomic E-state index is 0.198. The van der Waals surface area contributed by atoms with E-state index in [2.05, 4.69) is 30.4 Å². The van der Waals surface area contributed by atoms with Gasteiger partial charge in [0.2, 0.25) is 0 Å². The number of nitrogens with one attached hydrogen (secondary N) is 1. The van der Waals surface area contributed by atoms with Gasteiger partial charge in [0.1, 0.15) is 10.8 Å². The number of nitrogens with zero attached hydrogens (tertiary/aromatic N) is 1. The SMILES string of the molecule is CSC(C)(C)CNc1ccc(C(N)=S)cn1. The van der Waals surface area contributed by atoms with E-state index in [0.29, 0.717) is 4.99 Å². The molecule has 0 aliphatic rings. The molecule has 0 saturated heterocycles. The fourth-order valence-electron chi connectivity index (χ4n) is 1.02. The van der Waals surface area contributed by atoms with Crippen molar-refractivity contribution in [1.29, 1.82) is 0 Å². The van der Waals surface area contributed by atoms with Crippen molar-refractivity contribution in [3.05, 3.63) is 23.9 Å². The fraction of sp³-hybridized carbons (Fsp3) is 0.455. The summed E-state index contributed by atoms with van der Waals surface area (Å²) in [6.07, 6.45) is 3.79. The summed E-state index contributed by atoms with van der Waals surface area (Å²) in [7, 11) is 0. The Balaban J connectivity index is 2.59. The molecule has 0 aromatic carbocycles. The van der Waals surface area contributed by atoms with Gasteiger partial charge in [0.05, 0.1) is 0 Å². The first-order chi connectivity index (χ1) is 7.44. The summed E-state index contributed by atoms with van der Waals surface area (Å²) >= 11 is 6.69. The van der Waals surface area contributed by atoms with E-state index in [9.17, 15) is 0 Å². The zero-order valence-corrected chi connectivity index (χ0v) is 11.4. The second-order valence-electron chi connectivity index (χ2n) is 4.11. The molecule has 0 aliphatic carbocycles. The van der Waals surface area contributed by atoms with Crippen molar-refractivity contribution in [1.82, 2.24) is 4.98 Å². The molecular weight excluding hydrogens is 238 g/mol.